The molecule has 0 radical (unpaired) electrons. The second-order valence-electron chi connectivity index (χ2n) is 4.67. The van der Waals surface area contributed by atoms with Crippen molar-refractivity contribution in [3.05, 3.63) is 42.5 Å². The van der Waals surface area contributed by atoms with Crippen LogP contribution in [0.15, 0.2) is 36.9 Å². The molecule has 3 heteroatoms. The minimum atomic E-state index is -1.04. The molecule has 0 fully saturated rings. The fourth-order valence-electron chi connectivity index (χ4n) is 1.15. The molecule has 0 aromatic heterocycles. The van der Waals surface area contributed by atoms with Crippen molar-refractivity contribution in [3.8, 4) is 0 Å². The summed E-state index contributed by atoms with van der Waals surface area (Å²) in [5.74, 6) is 0. The lowest BCUT2D eigenvalue weighted by molar-refractivity contribution is 0.640. The summed E-state index contributed by atoms with van der Waals surface area (Å²) in [6.07, 6.45) is 0. The maximum Gasteiger partial charge on any atom is 0.0973 e. The van der Waals surface area contributed by atoms with E-state index in [0.717, 1.165) is 11.1 Å². The van der Waals surface area contributed by atoms with Crippen LogP contribution in [-0.4, -0.2) is 15.5 Å². The molecule has 1 rings (SSSR count). The Labute approximate surface area is 100 Å². The summed E-state index contributed by atoms with van der Waals surface area (Å²) in [5, 5.41) is 0. The maximum absolute atomic E-state index is 11.8. The van der Waals surface area contributed by atoms with Crippen molar-refractivity contribution in [2.45, 2.75) is 25.5 Å². The molecule has 0 aliphatic rings. The standard InChI is InChI=1S/C13H19NOS/c1-11(12-8-6-5-7-9-12)10-14-16(15)13(2,3)4/h5-9,14H,1,10H2,2-4H3/t16-/m1/s1. The Morgan fingerprint density at radius 2 is 1.88 bits per heavy atom. The molecular weight excluding hydrogens is 218 g/mol. The van der Waals surface area contributed by atoms with Crippen molar-refractivity contribution in [2.75, 3.05) is 6.54 Å². The Morgan fingerprint density at radius 1 is 1.31 bits per heavy atom. The maximum atomic E-state index is 11.8. The first-order valence-corrected chi connectivity index (χ1v) is 6.45. The average Bonchev–Trinajstić information content (AvgIpc) is 2.25. The lowest BCUT2D eigenvalue weighted by Crippen LogP contribution is -2.34. The molecule has 16 heavy (non-hydrogen) atoms. The second kappa shape index (κ2) is 5.41. The molecule has 88 valence electrons. The van der Waals surface area contributed by atoms with Crippen LogP contribution in [0.4, 0.5) is 0 Å². The van der Waals surface area contributed by atoms with Crippen LogP contribution in [0.25, 0.3) is 5.57 Å². The summed E-state index contributed by atoms with van der Waals surface area (Å²) in [6, 6.07) is 9.92. The smallest absolute Gasteiger partial charge is 0.0973 e. The molecule has 0 spiro atoms. The van der Waals surface area contributed by atoms with Gasteiger partial charge in [0.25, 0.3) is 0 Å². The Kier molecular flexibility index (Phi) is 4.44. The van der Waals surface area contributed by atoms with Gasteiger partial charge in [0, 0.05) is 6.54 Å². The van der Waals surface area contributed by atoms with Crippen LogP contribution in [0.1, 0.15) is 26.3 Å². The SMILES string of the molecule is C=C(CN[S@](=O)C(C)(C)C)c1ccccc1. The van der Waals surface area contributed by atoms with Gasteiger partial charge in [0.1, 0.15) is 0 Å². The summed E-state index contributed by atoms with van der Waals surface area (Å²) in [5.41, 5.74) is 2.04. The highest BCUT2D eigenvalue weighted by Gasteiger charge is 2.18. The summed E-state index contributed by atoms with van der Waals surface area (Å²) >= 11 is 0. The second-order valence-corrected chi connectivity index (χ2v) is 6.72. The van der Waals surface area contributed by atoms with Crippen LogP contribution in [0.5, 0.6) is 0 Å². The fourth-order valence-corrected chi connectivity index (χ4v) is 1.88. The zero-order valence-electron chi connectivity index (χ0n) is 10.1. The number of rotatable bonds is 4. The van der Waals surface area contributed by atoms with Crippen LogP contribution in [0, 0.1) is 0 Å². The van der Waals surface area contributed by atoms with E-state index in [0.29, 0.717) is 6.54 Å². The summed E-state index contributed by atoms with van der Waals surface area (Å²) in [6.45, 7) is 10.4. The number of benzene rings is 1. The quantitative estimate of drug-likeness (QED) is 0.857. The van der Waals surface area contributed by atoms with Crippen LogP contribution in [0.3, 0.4) is 0 Å². The van der Waals surface area contributed by atoms with Crippen LogP contribution in [-0.2, 0) is 11.0 Å². The third-order valence-electron chi connectivity index (χ3n) is 2.15. The molecule has 0 aliphatic heterocycles. The van der Waals surface area contributed by atoms with Gasteiger partial charge in [-0.05, 0) is 31.9 Å². The van der Waals surface area contributed by atoms with E-state index in [1.807, 2.05) is 51.1 Å². The Balaban J connectivity index is 2.52. The van der Waals surface area contributed by atoms with Crippen molar-refractivity contribution in [1.29, 1.82) is 0 Å². The lowest BCUT2D eigenvalue weighted by atomic mass is 10.1. The van der Waals surface area contributed by atoms with E-state index in [1.54, 1.807) is 0 Å². The van der Waals surface area contributed by atoms with Crippen LogP contribution in [0.2, 0.25) is 0 Å². The van der Waals surface area contributed by atoms with E-state index in [2.05, 4.69) is 11.3 Å². The van der Waals surface area contributed by atoms with Gasteiger partial charge >= 0.3 is 0 Å². The highest BCUT2D eigenvalue weighted by molar-refractivity contribution is 7.84. The van der Waals surface area contributed by atoms with E-state index in [9.17, 15) is 4.21 Å². The van der Waals surface area contributed by atoms with Crippen molar-refractivity contribution in [3.63, 3.8) is 0 Å². The minimum absolute atomic E-state index is 0.239. The first-order valence-electron chi connectivity index (χ1n) is 5.30. The number of hydrogen-bond donors (Lipinski definition) is 1. The number of hydrogen-bond acceptors (Lipinski definition) is 1. The van der Waals surface area contributed by atoms with E-state index in [1.165, 1.54) is 0 Å². The number of nitrogens with one attached hydrogen (secondary N) is 1. The molecule has 2 nitrogen and oxygen atoms in total. The monoisotopic (exact) mass is 237 g/mol. The molecule has 0 unspecified atom stereocenters. The molecule has 1 N–H and O–H groups in total. The van der Waals surface area contributed by atoms with Crippen molar-refractivity contribution in [2.24, 2.45) is 0 Å². The van der Waals surface area contributed by atoms with Gasteiger partial charge < -0.3 is 0 Å². The first kappa shape index (κ1) is 13.1. The molecule has 1 aromatic rings. The van der Waals surface area contributed by atoms with Crippen LogP contribution < -0.4 is 4.72 Å². The minimum Gasteiger partial charge on any atom is -0.242 e. The molecule has 0 amide bonds. The zero-order chi connectivity index (χ0) is 12.2. The fraction of sp³-hybridized carbons (Fsp3) is 0.385. The van der Waals surface area contributed by atoms with Crippen molar-refractivity contribution in [1.82, 2.24) is 4.72 Å². The van der Waals surface area contributed by atoms with Crippen molar-refractivity contribution >= 4 is 16.6 Å². The molecule has 0 aliphatic carbocycles. The van der Waals surface area contributed by atoms with Gasteiger partial charge in [-0.3, -0.25) is 0 Å². The van der Waals surface area contributed by atoms with Gasteiger partial charge in [-0.2, -0.15) is 0 Å². The highest BCUT2D eigenvalue weighted by atomic mass is 32.2. The topological polar surface area (TPSA) is 29.1 Å². The molecule has 0 heterocycles. The molecular formula is C13H19NOS. The summed E-state index contributed by atoms with van der Waals surface area (Å²) in [4.78, 5) is 0. The lowest BCUT2D eigenvalue weighted by Gasteiger charge is -2.18. The van der Waals surface area contributed by atoms with Gasteiger partial charge in [-0.25, -0.2) is 8.93 Å². The predicted octanol–water partition coefficient (Wildman–Crippen LogP) is 2.75. The van der Waals surface area contributed by atoms with Gasteiger partial charge in [0.2, 0.25) is 0 Å². The van der Waals surface area contributed by atoms with Gasteiger partial charge in [-0.1, -0.05) is 36.9 Å². The van der Waals surface area contributed by atoms with Gasteiger partial charge in [0.05, 0.1) is 15.7 Å². The first-order chi connectivity index (χ1) is 7.41. The van der Waals surface area contributed by atoms with Crippen LogP contribution >= 0.6 is 0 Å². The predicted molar refractivity (Wildman–Crippen MR) is 71.4 cm³/mol. The van der Waals surface area contributed by atoms with Crippen molar-refractivity contribution < 1.29 is 4.21 Å². The third kappa shape index (κ3) is 3.91. The molecule has 1 aromatic carbocycles. The molecule has 1 atom stereocenters. The van der Waals surface area contributed by atoms with E-state index >= 15 is 0 Å². The molecule has 0 bridgehead atoms. The summed E-state index contributed by atoms with van der Waals surface area (Å²) < 4.78 is 14.5. The molecule has 0 saturated heterocycles. The summed E-state index contributed by atoms with van der Waals surface area (Å²) in [7, 11) is -1.04. The Hall–Kier alpha value is -0.930. The normalized spacial score (nSPS) is 13.4. The van der Waals surface area contributed by atoms with E-state index in [-0.39, 0.29) is 4.75 Å². The average molecular weight is 237 g/mol. The van der Waals surface area contributed by atoms with Gasteiger partial charge in [0.15, 0.2) is 0 Å². The molecule has 0 saturated carbocycles. The Morgan fingerprint density at radius 3 is 2.38 bits per heavy atom. The zero-order valence-corrected chi connectivity index (χ0v) is 10.9. The Bertz CT molecular complexity index is 379. The highest BCUT2D eigenvalue weighted by Crippen LogP contribution is 2.13. The largest absolute Gasteiger partial charge is 0.242 e. The van der Waals surface area contributed by atoms with Gasteiger partial charge in [-0.15, -0.1) is 0 Å². The van der Waals surface area contributed by atoms with E-state index < -0.39 is 11.0 Å². The third-order valence-corrected chi connectivity index (χ3v) is 3.67. The van der Waals surface area contributed by atoms with E-state index in [4.69, 9.17) is 0 Å².